The number of ether oxygens (including phenoxy) is 1. The van der Waals surface area contributed by atoms with Crippen molar-refractivity contribution in [1.82, 2.24) is 4.72 Å². The molecule has 0 radical (unpaired) electrons. The van der Waals surface area contributed by atoms with Gasteiger partial charge in [-0.05, 0) is 39.1 Å². The van der Waals surface area contributed by atoms with Crippen LogP contribution in [0.25, 0.3) is 0 Å². The third-order valence-electron chi connectivity index (χ3n) is 2.83. The number of rotatable bonds is 7. The van der Waals surface area contributed by atoms with E-state index in [-0.39, 0.29) is 11.0 Å². The summed E-state index contributed by atoms with van der Waals surface area (Å²) in [6.45, 7) is 5.03. The fraction of sp³-hybridized carbons (Fsp3) is 0.538. The van der Waals surface area contributed by atoms with Gasteiger partial charge in [-0.2, -0.15) is 0 Å². The topological polar surface area (TPSA) is 84.7 Å². The largest absolute Gasteiger partial charge is 0.399 e. The fourth-order valence-corrected chi connectivity index (χ4v) is 2.73. The van der Waals surface area contributed by atoms with Crippen molar-refractivity contribution in [1.29, 1.82) is 0 Å². The summed E-state index contributed by atoms with van der Waals surface area (Å²) in [5, 5.41) is 0. The molecule has 1 aromatic carbocycles. The summed E-state index contributed by atoms with van der Waals surface area (Å²) in [7, 11) is -0.348. The zero-order chi connectivity index (χ0) is 15.3. The number of hydrogen-bond acceptors (Lipinski definition) is 5. The number of likely N-dealkylation sites (N-methyl/N-ethyl adjacent to an activating group) is 1. The van der Waals surface area contributed by atoms with Crippen LogP contribution in [0.4, 0.5) is 11.4 Å². The predicted molar refractivity (Wildman–Crippen MR) is 81.5 cm³/mol. The number of nitrogens with two attached hydrogens (primary N) is 1. The first-order valence-corrected chi connectivity index (χ1v) is 7.92. The maximum atomic E-state index is 12.0. The molecule has 0 aromatic heterocycles. The summed E-state index contributed by atoms with van der Waals surface area (Å²) in [6, 6.07) is 4.85. The highest BCUT2D eigenvalue weighted by Crippen LogP contribution is 2.26. The van der Waals surface area contributed by atoms with Crippen molar-refractivity contribution >= 4 is 21.4 Å². The van der Waals surface area contributed by atoms with Crippen molar-refractivity contribution < 1.29 is 13.2 Å². The zero-order valence-electron chi connectivity index (χ0n) is 12.4. The van der Waals surface area contributed by atoms with E-state index < -0.39 is 10.0 Å². The molecule has 6 nitrogen and oxygen atoms in total. The van der Waals surface area contributed by atoms with E-state index >= 15 is 0 Å². The zero-order valence-corrected chi connectivity index (χ0v) is 13.2. The van der Waals surface area contributed by atoms with Crippen LogP contribution < -0.4 is 15.4 Å². The van der Waals surface area contributed by atoms with Gasteiger partial charge in [-0.25, -0.2) is 13.1 Å². The van der Waals surface area contributed by atoms with Crippen molar-refractivity contribution in [3.05, 3.63) is 18.2 Å². The van der Waals surface area contributed by atoms with E-state index in [4.69, 9.17) is 10.5 Å². The second kappa shape index (κ2) is 6.92. The molecule has 0 saturated carbocycles. The van der Waals surface area contributed by atoms with E-state index in [9.17, 15) is 8.42 Å². The highest BCUT2D eigenvalue weighted by atomic mass is 32.2. The first-order chi connectivity index (χ1) is 9.27. The monoisotopic (exact) mass is 301 g/mol. The van der Waals surface area contributed by atoms with Gasteiger partial charge >= 0.3 is 0 Å². The summed E-state index contributed by atoms with van der Waals surface area (Å²) in [4.78, 5) is 2.01. The maximum absolute atomic E-state index is 12.0. The molecule has 7 heteroatoms. The molecule has 0 amide bonds. The van der Waals surface area contributed by atoms with Crippen molar-refractivity contribution in [3.63, 3.8) is 0 Å². The molecule has 20 heavy (non-hydrogen) atoms. The van der Waals surface area contributed by atoms with Crippen LogP contribution in [-0.4, -0.2) is 41.8 Å². The number of nitrogens with one attached hydrogen (secondary N) is 1. The Morgan fingerprint density at radius 3 is 2.60 bits per heavy atom. The van der Waals surface area contributed by atoms with Crippen molar-refractivity contribution in [2.45, 2.75) is 24.8 Å². The molecule has 0 bridgehead atoms. The molecule has 0 aliphatic carbocycles. The van der Waals surface area contributed by atoms with Crippen LogP contribution in [-0.2, 0) is 14.8 Å². The van der Waals surface area contributed by atoms with Gasteiger partial charge in [0.15, 0.2) is 0 Å². The van der Waals surface area contributed by atoms with Gasteiger partial charge in [0.25, 0.3) is 0 Å². The lowest BCUT2D eigenvalue weighted by atomic mass is 10.2. The summed E-state index contributed by atoms with van der Waals surface area (Å²) in [5.41, 5.74) is 6.69. The van der Waals surface area contributed by atoms with Gasteiger partial charge < -0.3 is 15.4 Å². The molecule has 1 rings (SSSR count). The Morgan fingerprint density at radius 1 is 1.40 bits per heavy atom. The lowest BCUT2D eigenvalue weighted by Crippen LogP contribution is -2.27. The highest BCUT2D eigenvalue weighted by Gasteiger charge is 2.19. The van der Waals surface area contributed by atoms with Gasteiger partial charge in [0, 0.05) is 19.3 Å². The summed E-state index contributed by atoms with van der Waals surface area (Å²) < 4.78 is 31.9. The van der Waals surface area contributed by atoms with E-state index in [0.717, 1.165) is 0 Å². The quantitative estimate of drug-likeness (QED) is 0.735. The normalized spacial score (nSPS) is 11.8. The molecule has 0 aliphatic rings. The van der Waals surface area contributed by atoms with E-state index in [1.54, 1.807) is 12.1 Å². The molecule has 0 aliphatic heterocycles. The Hall–Kier alpha value is -1.31. The van der Waals surface area contributed by atoms with Crippen molar-refractivity contribution in [3.8, 4) is 0 Å². The molecule has 1 aromatic rings. The van der Waals surface area contributed by atoms with Crippen LogP contribution in [0.5, 0.6) is 0 Å². The molecule has 0 atom stereocenters. The van der Waals surface area contributed by atoms with Crippen LogP contribution in [0.1, 0.15) is 13.8 Å². The minimum absolute atomic E-state index is 0.148. The summed E-state index contributed by atoms with van der Waals surface area (Å²) in [6.07, 6.45) is 0.148. The third-order valence-corrected chi connectivity index (χ3v) is 4.27. The van der Waals surface area contributed by atoms with Gasteiger partial charge in [0.1, 0.15) is 4.90 Å². The van der Waals surface area contributed by atoms with Crippen LogP contribution in [0.15, 0.2) is 23.1 Å². The molecule has 0 saturated heterocycles. The molecule has 0 spiro atoms. The molecule has 0 heterocycles. The standard InChI is InChI=1S/C13H23N3O3S/c1-10(2)19-8-7-16(4)12-6-5-11(14)9-13(12)20(17,18)15-3/h5-6,9-10,15H,7-8,14H2,1-4H3. The Bertz CT molecular complexity index is 544. The molecule has 114 valence electrons. The van der Waals surface area contributed by atoms with Gasteiger partial charge in [-0.1, -0.05) is 0 Å². The Morgan fingerprint density at radius 2 is 2.05 bits per heavy atom. The first kappa shape index (κ1) is 16.7. The highest BCUT2D eigenvalue weighted by molar-refractivity contribution is 7.89. The molecule has 0 fully saturated rings. The van der Waals surface area contributed by atoms with Gasteiger partial charge in [-0.3, -0.25) is 0 Å². The number of anilines is 2. The van der Waals surface area contributed by atoms with Crippen LogP contribution in [0.3, 0.4) is 0 Å². The SMILES string of the molecule is CNS(=O)(=O)c1cc(N)ccc1N(C)CCOC(C)C. The molecule has 3 N–H and O–H groups in total. The fourth-order valence-electron chi connectivity index (χ4n) is 1.72. The minimum Gasteiger partial charge on any atom is -0.399 e. The van der Waals surface area contributed by atoms with Crippen LogP contribution >= 0.6 is 0 Å². The van der Waals surface area contributed by atoms with Gasteiger partial charge in [0.2, 0.25) is 10.0 Å². The van der Waals surface area contributed by atoms with E-state index in [1.807, 2.05) is 25.8 Å². The number of nitrogen functional groups attached to an aromatic ring is 1. The lowest BCUT2D eigenvalue weighted by molar-refractivity contribution is 0.0845. The van der Waals surface area contributed by atoms with Gasteiger partial charge in [0.05, 0.1) is 18.4 Å². The molecular formula is C13H23N3O3S. The average molecular weight is 301 g/mol. The number of benzene rings is 1. The van der Waals surface area contributed by atoms with Crippen molar-refractivity contribution in [2.75, 3.05) is 37.9 Å². The first-order valence-electron chi connectivity index (χ1n) is 6.43. The lowest BCUT2D eigenvalue weighted by Gasteiger charge is -2.23. The predicted octanol–water partition coefficient (Wildman–Crippen LogP) is 1.04. The van der Waals surface area contributed by atoms with Crippen LogP contribution in [0, 0.1) is 0 Å². The number of hydrogen-bond donors (Lipinski definition) is 2. The van der Waals surface area contributed by atoms with E-state index in [1.165, 1.54) is 13.1 Å². The molecule has 0 unspecified atom stereocenters. The summed E-state index contributed by atoms with van der Waals surface area (Å²) >= 11 is 0. The number of nitrogens with zero attached hydrogens (tertiary/aromatic N) is 1. The Kier molecular flexibility index (Phi) is 5.79. The number of sulfonamides is 1. The Labute approximate surface area is 121 Å². The smallest absolute Gasteiger partial charge is 0.242 e. The second-order valence-corrected chi connectivity index (χ2v) is 6.63. The maximum Gasteiger partial charge on any atom is 0.242 e. The van der Waals surface area contributed by atoms with Crippen molar-refractivity contribution in [2.24, 2.45) is 0 Å². The summed E-state index contributed by atoms with van der Waals surface area (Å²) in [5.74, 6) is 0. The van der Waals surface area contributed by atoms with E-state index in [0.29, 0.717) is 24.5 Å². The average Bonchev–Trinajstić information content (AvgIpc) is 2.38. The Balaban J connectivity index is 3.00. The van der Waals surface area contributed by atoms with E-state index in [2.05, 4.69) is 4.72 Å². The third kappa shape index (κ3) is 4.36. The second-order valence-electron chi connectivity index (χ2n) is 4.78. The minimum atomic E-state index is -3.55. The van der Waals surface area contributed by atoms with Crippen LogP contribution in [0.2, 0.25) is 0 Å². The molecular weight excluding hydrogens is 278 g/mol. The van der Waals surface area contributed by atoms with Gasteiger partial charge in [-0.15, -0.1) is 0 Å².